The summed E-state index contributed by atoms with van der Waals surface area (Å²) < 4.78 is 15.3. The summed E-state index contributed by atoms with van der Waals surface area (Å²) in [5.74, 6) is 0.284. The van der Waals surface area contributed by atoms with Gasteiger partial charge in [0.05, 0.1) is 20.3 Å². The number of benzene rings is 1. The number of hydrogen-bond acceptors (Lipinski definition) is 6. The van der Waals surface area contributed by atoms with Crippen molar-refractivity contribution in [3.8, 4) is 5.75 Å². The summed E-state index contributed by atoms with van der Waals surface area (Å²) >= 11 is 0. The number of anilines is 3. The highest BCUT2D eigenvalue weighted by Crippen LogP contribution is 2.25. The topological polar surface area (TPSA) is 77.1 Å². The Morgan fingerprint density at radius 2 is 1.69 bits per heavy atom. The molecule has 26 heavy (non-hydrogen) atoms. The van der Waals surface area contributed by atoms with Crippen LogP contribution in [-0.4, -0.2) is 39.6 Å². The predicted octanol–water partition coefficient (Wildman–Crippen LogP) is 2.77. The van der Waals surface area contributed by atoms with Crippen LogP contribution in [0.3, 0.4) is 0 Å². The summed E-state index contributed by atoms with van der Waals surface area (Å²) in [6.07, 6.45) is -0.635. The number of methoxy groups -OCH3 is 2. The summed E-state index contributed by atoms with van der Waals surface area (Å²) in [5, 5.41) is 3.21. The Labute approximate surface area is 151 Å². The lowest BCUT2D eigenvalue weighted by atomic mass is 10.2. The largest absolute Gasteiger partial charge is 0.493 e. The molecule has 1 aliphatic heterocycles. The first-order chi connectivity index (χ1) is 12.6. The predicted molar refractivity (Wildman–Crippen MR) is 98.5 cm³/mol. The summed E-state index contributed by atoms with van der Waals surface area (Å²) in [7, 11) is 3.04. The maximum atomic E-state index is 12.0. The molecule has 0 aliphatic carbocycles. The smallest absolute Gasteiger partial charge is 0.414 e. The molecule has 1 heterocycles. The fraction of sp³-hybridized carbons (Fsp3) is 0.263. The molecule has 1 atom stereocenters. The molecule has 1 N–H and O–H groups in total. The highest BCUT2D eigenvalue weighted by Gasteiger charge is 2.32. The van der Waals surface area contributed by atoms with E-state index in [4.69, 9.17) is 14.2 Å². The van der Waals surface area contributed by atoms with Gasteiger partial charge >= 0.3 is 6.09 Å². The number of rotatable bonds is 6. The van der Waals surface area contributed by atoms with Crippen LogP contribution in [0.25, 0.3) is 0 Å². The third-order valence-corrected chi connectivity index (χ3v) is 3.99. The molecule has 0 aromatic heterocycles. The van der Waals surface area contributed by atoms with Gasteiger partial charge in [0.15, 0.2) is 5.75 Å². The van der Waals surface area contributed by atoms with E-state index >= 15 is 0 Å². The zero-order valence-corrected chi connectivity index (χ0v) is 14.6. The number of ether oxygens (including phenoxy) is 3. The Morgan fingerprint density at radius 1 is 1.04 bits per heavy atom. The first-order valence-corrected chi connectivity index (χ1v) is 8.13. The molecule has 1 aliphatic rings. The van der Waals surface area contributed by atoms with E-state index in [2.05, 4.69) is 5.32 Å². The third kappa shape index (κ3) is 3.94. The van der Waals surface area contributed by atoms with Crippen LogP contribution in [0, 0.1) is 0 Å². The molecule has 1 fully saturated rings. The van der Waals surface area contributed by atoms with Gasteiger partial charge in [-0.05, 0) is 48.5 Å². The van der Waals surface area contributed by atoms with Gasteiger partial charge in [0, 0.05) is 24.2 Å². The number of cyclic esters (lactones) is 1. The Hall–Kier alpha value is -3.06. The van der Waals surface area contributed by atoms with E-state index < -0.39 is 0 Å². The van der Waals surface area contributed by atoms with E-state index in [9.17, 15) is 9.59 Å². The van der Waals surface area contributed by atoms with Crippen molar-refractivity contribution in [2.45, 2.75) is 6.10 Å². The molecule has 1 unspecified atom stereocenters. The summed E-state index contributed by atoms with van der Waals surface area (Å²) in [6.45, 7) is 0.831. The lowest BCUT2D eigenvalue weighted by Crippen LogP contribution is -2.25. The summed E-state index contributed by atoms with van der Waals surface area (Å²) in [6, 6.07) is 13.9. The van der Waals surface area contributed by atoms with Crippen molar-refractivity contribution in [1.82, 2.24) is 0 Å². The van der Waals surface area contributed by atoms with Crippen LogP contribution in [0.1, 0.15) is 0 Å². The van der Waals surface area contributed by atoms with Gasteiger partial charge in [0.25, 0.3) is 0 Å². The normalized spacial score (nSPS) is 16.3. The quantitative estimate of drug-likeness (QED) is 0.858. The Morgan fingerprint density at radius 3 is 2.35 bits per heavy atom. The minimum atomic E-state index is -0.377. The maximum Gasteiger partial charge on any atom is 0.414 e. The van der Waals surface area contributed by atoms with E-state index in [0.29, 0.717) is 13.2 Å². The highest BCUT2D eigenvalue weighted by atomic mass is 16.6. The molecule has 136 valence electrons. The van der Waals surface area contributed by atoms with Crippen molar-refractivity contribution >= 4 is 23.2 Å². The zero-order valence-electron chi connectivity index (χ0n) is 14.6. The van der Waals surface area contributed by atoms with Gasteiger partial charge in [0.2, 0.25) is 5.43 Å². The monoisotopic (exact) mass is 356 g/mol. The number of nitrogens with zero attached hydrogens (tertiary/aromatic N) is 1. The first kappa shape index (κ1) is 17.8. The summed E-state index contributed by atoms with van der Waals surface area (Å²) in [5.41, 5.74) is 2.14. The van der Waals surface area contributed by atoms with Crippen molar-refractivity contribution < 1.29 is 19.0 Å². The Kier molecular flexibility index (Phi) is 5.38. The van der Waals surface area contributed by atoms with Crippen molar-refractivity contribution in [2.24, 2.45) is 0 Å². The molecule has 3 rings (SSSR count). The third-order valence-electron chi connectivity index (χ3n) is 3.99. The molecule has 7 nitrogen and oxygen atoms in total. The second-order valence-corrected chi connectivity index (χ2v) is 5.80. The van der Waals surface area contributed by atoms with Crippen molar-refractivity contribution in [3.63, 3.8) is 0 Å². The van der Waals surface area contributed by atoms with E-state index in [1.165, 1.54) is 13.2 Å². The lowest BCUT2D eigenvalue weighted by Gasteiger charge is -2.14. The van der Waals surface area contributed by atoms with Crippen LogP contribution >= 0.6 is 0 Å². The van der Waals surface area contributed by atoms with Crippen molar-refractivity contribution in [3.05, 3.63) is 58.8 Å². The number of hydrogen-bond donors (Lipinski definition) is 1. The second kappa shape index (κ2) is 7.88. The van der Waals surface area contributed by atoms with Crippen LogP contribution in [0.2, 0.25) is 0 Å². The number of carbonyl (C=O) groups is 1. The van der Waals surface area contributed by atoms with Crippen LogP contribution in [0.15, 0.2) is 53.3 Å². The average Bonchev–Trinajstić information content (AvgIpc) is 2.91. The number of carbonyl (C=O) groups excluding carboxylic acids is 1. The molecule has 0 radical (unpaired) electrons. The lowest BCUT2D eigenvalue weighted by molar-refractivity contribution is 0.0718. The molecule has 0 spiro atoms. The summed E-state index contributed by atoms with van der Waals surface area (Å²) in [4.78, 5) is 25.3. The Bertz CT molecular complexity index is 838. The number of nitrogens with one attached hydrogen (secondary N) is 1. The van der Waals surface area contributed by atoms with Crippen LogP contribution in [-0.2, 0) is 9.47 Å². The van der Waals surface area contributed by atoms with Crippen LogP contribution in [0.4, 0.5) is 21.9 Å². The number of amides is 1. The fourth-order valence-electron chi connectivity index (χ4n) is 2.70. The molecule has 2 aromatic rings. The van der Waals surface area contributed by atoms with E-state index in [1.54, 1.807) is 30.2 Å². The first-order valence-electron chi connectivity index (χ1n) is 8.13. The van der Waals surface area contributed by atoms with Gasteiger partial charge in [0.1, 0.15) is 6.10 Å². The van der Waals surface area contributed by atoms with Gasteiger partial charge < -0.3 is 19.5 Å². The highest BCUT2D eigenvalue weighted by molar-refractivity contribution is 5.90. The molecular formula is C19H20N2O5. The van der Waals surface area contributed by atoms with Crippen molar-refractivity contribution in [1.29, 1.82) is 0 Å². The van der Waals surface area contributed by atoms with Crippen LogP contribution < -0.4 is 20.4 Å². The van der Waals surface area contributed by atoms with Crippen molar-refractivity contribution in [2.75, 3.05) is 37.6 Å². The Balaban J connectivity index is 1.71. The maximum absolute atomic E-state index is 12.0. The fourth-order valence-corrected chi connectivity index (χ4v) is 2.70. The molecule has 1 saturated heterocycles. The molecule has 1 amide bonds. The van der Waals surface area contributed by atoms with Gasteiger partial charge in [-0.1, -0.05) is 0 Å². The standard InChI is InChI=1S/C19H20N2O5/c1-24-12-16-11-21(19(23)26-16)15-7-3-13(4-8-15)20-14-5-9-17(22)18(25-2)10-6-14/h3-10,16,20H,11-12H2,1-2H3. The van der Waals surface area contributed by atoms with Gasteiger partial charge in [-0.3, -0.25) is 9.69 Å². The van der Waals surface area contributed by atoms with E-state index in [-0.39, 0.29) is 23.4 Å². The molecule has 2 aromatic carbocycles. The molecule has 7 heteroatoms. The van der Waals surface area contributed by atoms with Gasteiger partial charge in [-0.2, -0.15) is 0 Å². The molecule has 0 bridgehead atoms. The SMILES string of the molecule is COCC1CN(c2ccc(Nc3ccc(OC)c(=O)cc3)cc2)C(=O)O1. The minimum absolute atomic E-state index is 0.186. The molecular weight excluding hydrogens is 336 g/mol. The van der Waals surface area contributed by atoms with Crippen LogP contribution in [0.5, 0.6) is 5.75 Å². The second-order valence-electron chi connectivity index (χ2n) is 5.80. The van der Waals surface area contributed by atoms with E-state index in [0.717, 1.165) is 17.1 Å². The minimum Gasteiger partial charge on any atom is -0.493 e. The molecule has 0 saturated carbocycles. The zero-order chi connectivity index (χ0) is 18.5. The van der Waals surface area contributed by atoms with Gasteiger partial charge in [-0.15, -0.1) is 0 Å². The van der Waals surface area contributed by atoms with Gasteiger partial charge in [-0.25, -0.2) is 4.79 Å². The van der Waals surface area contributed by atoms with E-state index in [1.807, 2.05) is 24.3 Å². The average molecular weight is 356 g/mol.